The summed E-state index contributed by atoms with van der Waals surface area (Å²) in [5.74, 6) is 0.650. The van der Waals surface area contributed by atoms with E-state index in [4.69, 9.17) is 0 Å². The smallest absolute Gasteiger partial charge is 0.237 e. The fraction of sp³-hybridized carbons (Fsp3) is 0.632. The Labute approximate surface area is 158 Å². The zero-order valence-corrected chi connectivity index (χ0v) is 16.1. The number of aromatic nitrogens is 3. The lowest BCUT2D eigenvalue weighted by Crippen LogP contribution is -2.64. The SMILES string of the molecule is CC(C)(C)N1CCC1C(=O)NCC1(F)CC(Nc2ncnn3cccc23)C1. The number of halogens is 1. The van der Waals surface area contributed by atoms with Crippen LogP contribution in [0.1, 0.15) is 40.0 Å². The van der Waals surface area contributed by atoms with Crippen LogP contribution < -0.4 is 10.6 Å². The van der Waals surface area contributed by atoms with E-state index in [1.807, 2.05) is 18.3 Å². The number of nitrogens with zero attached hydrogens (tertiary/aromatic N) is 4. The lowest BCUT2D eigenvalue weighted by atomic mass is 9.77. The topological polar surface area (TPSA) is 74.6 Å². The Morgan fingerprint density at radius 1 is 1.41 bits per heavy atom. The van der Waals surface area contributed by atoms with Gasteiger partial charge in [-0.3, -0.25) is 9.69 Å². The van der Waals surface area contributed by atoms with Gasteiger partial charge in [-0.25, -0.2) is 13.9 Å². The predicted molar refractivity (Wildman–Crippen MR) is 101 cm³/mol. The number of amides is 1. The Kier molecular flexibility index (Phi) is 4.33. The van der Waals surface area contributed by atoms with E-state index in [1.165, 1.54) is 6.33 Å². The first-order valence-electron chi connectivity index (χ1n) is 9.53. The molecule has 0 bridgehead atoms. The van der Waals surface area contributed by atoms with Crippen molar-refractivity contribution < 1.29 is 9.18 Å². The summed E-state index contributed by atoms with van der Waals surface area (Å²) < 4.78 is 16.6. The Bertz CT molecular complexity index is 838. The van der Waals surface area contributed by atoms with Crippen molar-refractivity contribution in [3.8, 4) is 0 Å². The van der Waals surface area contributed by atoms with Gasteiger partial charge in [0, 0.05) is 37.2 Å². The van der Waals surface area contributed by atoms with Crippen LogP contribution in [0.5, 0.6) is 0 Å². The number of fused-ring (bicyclic) bond motifs is 1. The number of carbonyl (C=O) groups is 1. The van der Waals surface area contributed by atoms with Gasteiger partial charge in [0.2, 0.25) is 5.91 Å². The van der Waals surface area contributed by atoms with Gasteiger partial charge in [-0.15, -0.1) is 0 Å². The van der Waals surface area contributed by atoms with E-state index in [9.17, 15) is 9.18 Å². The molecule has 1 amide bonds. The van der Waals surface area contributed by atoms with Crippen LogP contribution in [-0.4, -0.2) is 61.8 Å². The maximum absolute atomic E-state index is 14.9. The van der Waals surface area contributed by atoms with Crippen LogP contribution in [0.2, 0.25) is 0 Å². The quantitative estimate of drug-likeness (QED) is 0.837. The summed E-state index contributed by atoms with van der Waals surface area (Å²) in [6.07, 6.45) is 4.89. The molecule has 0 aromatic carbocycles. The first-order valence-corrected chi connectivity index (χ1v) is 9.53. The molecule has 1 aliphatic heterocycles. The molecule has 2 aliphatic rings. The number of likely N-dealkylation sites (tertiary alicyclic amines) is 1. The van der Waals surface area contributed by atoms with E-state index in [2.05, 4.69) is 46.4 Å². The monoisotopic (exact) mass is 374 g/mol. The van der Waals surface area contributed by atoms with Gasteiger partial charge < -0.3 is 10.6 Å². The summed E-state index contributed by atoms with van der Waals surface area (Å²) in [5.41, 5.74) is -0.523. The number of anilines is 1. The van der Waals surface area contributed by atoms with Crippen molar-refractivity contribution in [2.75, 3.05) is 18.4 Å². The van der Waals surface area contributed by atoms with Crippen LogP contribution in [0.4, 0.5) is 10.2 Å². The Hall–Kier alpha value is -2.22. The molecule has 1 atom stereocenters. The number of hydrogen-bond donors (Lipinski definition) is 2. The van der Waals surface area contributed by atoms with Crippen LogP contribution in [0, 0.1) is 0 Å². The van der Waals surface area contributed by atoms with Gasteiger partial charge >= 0.3 is 0 Å². The fourth-order valence-electron chi connectivity index (χ4n) is 4.07. The van der Waals surface area contributed by atoms with Crippen molar-refractivity contribution in [3.63, 3.8) is 0 Å². The number of rotatable bonds is 5. The molecule has 7 nitrogen and oxygen atoms in total. The molecule has 2 aromatic heterocycles. The first-order chi connectivity index (χ1) is 12.8. The normalized spacial score (nSPS) is 28.4. The summed E-state index contributed by atoms with van der Waals surface area (Å²) in [4.78, 5) is 18.8. The molecule has 0 spiro atoms. The minimum absolute atomic E-state index is 0.00952. The van der Waals surface area contributed by atoms with Crippen LogP contribution in [0.3, 0.4) is 0 Å². The Morgan fingerprint density at radius 2 is 2.19 bits per heavy atom. The van der Waals surface area contributed by atoms with Gasteiger partial charge in [0.1, 0.15) is 17.5 Å². The van der Waals surface area contributed by atoms with Gasteiger partial charge in [-0.1, -0.05) is 0 Å². The van der Waals surface area contributed by atoms with Crippen molar-refractivity contribution in [2.45, 2.75) is 63.3 Å². The molecule has 1 aliphatic carbocycles. The molecule has 1 saturated heterocycles. The standard InChI is InChI=1S/C19H27FN6O/c1-18(2,3)25-8-6-15(25)17(27)21-11-19(20)9-13(10-19)24-16-14-5-4-7-26(14)23-12-22-16/h4-5,7,12-13,15H,6,8-11H2,1-3H3,(H,21,27)(H,22,23,24). The maximum Gasteiger partial charge on any atom is 0.237 e. The Balaban J connectivity index is 1.27. The van der Waals surface area contributed by atoms with Crippen LogP contribution in [0.15, 0.2) is 24.7 Å². The first kappa shape index (κ1) is 18.2. The third-order valence-electron chi connectivity index (χ3n) is 5.66. The predicted octanol–water partition coefficient (Wildman–Crippen LogP) is 2.00. The van der Waals surface area contributed by atoms with Gasteiger partial charge in [0.25, 0.3) is 0 Å². The largest absolute Gasteiger partial charge is 0.365 e. The van der Waals surface area contributed by atoms with Crippen LogP contribution in [0.25, 0.3) is 5.52 Å². The highest BCUT2D eigenvalue weighted by Gasteiger charge is 2.46. The third-order valence-corrected chi connectivity index (χ3v) is 5.66. The molecule has 8 heteroatoms. The third kappa shape index (κ3) is 3.50. The second kappa shape index (κ2) is 6.44. The van der Waals surface area contributed by atoms with Crippen molar-refractivity contribution in [3.05, 3.63) is 24.7 Å². The molecular formula is C19H27FN6O. The van der Waals surface area contributed by atoms with Crippen molar-refractivity contribution in [1.29, 1.82) is 0 Å². The minimum Gasteiger partial charge on any atom is -0.365 e. The average Bonchev–Trinajstić information content (AvgIpc) is 2.98. The number of alkyl halides is 1. The van der Waals surface area contributed by atoms with Crippen molar-refractivity contribution >= 4 is 17.2 Å². The van der Waals surface area contributed by atoms with Crippen LogP contribution >= 0.6 is 0 Å². The number of hydrogen-bond acceptors (Lipinski definition) is 5. The van der Waals surface area contributed by atoms with Crippen LogP contribution in [-0.2, 0) is 4.79 Å². The summed E-state index contributed by atoms with van der Waals surface area (Å²) in [6.45, 7) is 7.28. The molecule has 3 heterocycles. The number of carbonyl (C=O) groups excluding carboxylic acids is 1. The molecule has 1 saturated carbocycles. The highest BCUT2D eigenvalue weighted by Crippen LogP contribution is 2.38. The summed E-state index contributed by atoms with van der Waals surface area (Å²) in [5, 5.41) is 10.2. The Morgan fingerprint density at radius 3 is 2.85 bits per heavy atom. The van der Waals surface area contributed by atoms with E-state index < -0.39 is 5.67 Å². The minimum atomic E-state index is -1.35. The zero-order chi connectivity index (χ0) is 19.2. The second-order valence-corrected chi connectivity index (χ2v) is 8.73. The molecule has 2 N–H and O–H groups in total. The second-order valence-electron chi connectivity index (χ2n) is 8.73. The highest BCUT2D eigenvalue weighted by molar-refractivity contribution is 5.82. The lowest BCUT2D eigenvalue weighted by molar-refractivity contribution is -0.136. The fourth-order valence-corrected chi connectivity index (χ4v) is 4.07. The van der Waals surface area contributed by atoms with Gasteiger partial charge in [-0.2, -0.15) is 5.10 Å². The molecule has 1 unspecified atom stereocenters. The lowest BCUT2D eigenvalue weighted by Gasteiger charge is -2.49. The zero-order valence-electron chi connectivity index (χ0n) is 16.1. The summed E-state index contributed by atoms with van der Waals surface area (Å²) in [7, 11) is 0. The molecule has 4 rings (SSSR count). The maximum atomic E-state index is 14.9. The molecular weight excluding hydrogens is 347 g/mol. The van der Waals surface area contributed by atoms with E-state index in [1.54, 1.807) is 4.52 Å². The average molecular weight is 374 g/mol. The van der Waals surface area contributed by atoms with Gasteiger partial charge in [0.05, 0.1) is 12.6 Å². The van der Waals surface area contributed by atoms with E-state index in [0.29, 0.717) is 18.7 Å². The van der Waals surface area contributed by atoms with Crippen molar-refractivity contribution in [2.24, 2.45) is 0 Å². The highest BCUT2D eigenvalue weighted by atomic mass is 19.1. The molecule has 0 radical (unpaired) electrons. The van der Waals surface area contributed by atoms with E-state index in [-0.39, 0.29) is 30.1 Å². The van der Waals surface area contributed by atoms with Gasteiger partial charge in [-0.05, 0) is 39.3 Å². The molecule has 2 aromatic rings. The van der Waals surface area contributed by atoms with Crippen molar-refractivity contribution in [1.82, 2.24) is 24.8 Å². The van der Waals surface area contributed by atoms with E-state index in [0.717, 1.165) is 18.5 Å². The van der Waals surface area contributed by atoms with E-state index >= 15 is 0 Å². The molecule has 146 valence electrons. The molecule has 2 fully saturated rings. The summed E-state index contributed by atoms with van der Waals surface area (Å²) in [6, 6.07) is 3.69. The molecule has 27 heavy (non-hydrogen) atoms. The number of nitrogens with one attached hydrogen (secondary N) is 2. The van der Waals surface area contributed by atoms with Gasteiger partial charge in [0.15, 0.2) is 5.82 Å². The summed E-state index contributed by atoms with van der Waals surface area (Å²) >= 11 is 0.